The van der Waals surface area contributed by atoms with E-state index in [2.05, 4.69) is 9.73 Å². The van der Waals surface area contributed by atoms with E-state index < -0.39 is 6.61 Å². The molecule has 0 radical (unpaired) electrons. The Morgan fingerprint density at radius 3 is 2.37 bits per heavy atom. The summed E-state index contributed by atoms with van der Waals surface area (Å²) in [6, 6.07) is 15.4. The number of hydrogen-bond donors (Lipinski definition) is 0. The summed E-state index contributed by atoms with van der Waals surface area (Å²) in [7, 11) is 0. The van der Waals surface area contributed by atoms with Crippen molar-refractivity contribution in [2.24, 2.45) is 4.99 Å². The summed E-state index contributed by atoms with van der Waals surface area (Å²) < 4.78 is 28.8. The van der Waals surface area contributed by atoms with Gasteiger partial charge in [-0.15, -0.1) is 17.0 Å². The number of hydrogen-bond acceptors (Lipinski definition) is 4. The van der Waals surface area contributed by atoms with Gasteiger partial charge in [-0.1, -0.05) is 18.2 Å². The van der Waals surface area contributed by atoms with E-state index in [0.717, 1.165) is 37.3 Å². The van der Waals surface area contributed by atoms with Gasteiger partial charge in [0.25, 0.3) is 0 Å². The van der Waals surface area contributed by atoms with Gasteiger partial charge < -0.3 is 9.64 Å². The van der Waals surface area contributed by atoms with Crippen LogP contribution in [0.15, 0.2) is 59.6 Å². The molecule has 144 valence electrons. The average Bonchev–Trinajstić information content (AvgIpc) is 2.67. The summed E-state index contributed by atoms with van der Waals surface area (Å²) in [6.45, 7) is -1.96. The highest BCUT2D eigenvalue weighted by Crippen LogP contribution is 2.21. The van der Waals surface area contributed by atoms with Crippen LogP contribution in [0.2, 0.25) is 0 Å². The highest BCUT2D eigenvalue weighted by molar-refractivity contribution is 8.93. The van der Waals surface area contributed by atoms with Crippen molar-refractivity contribution < 1.29 is 18.3 Å². The van der Waals surface area contributed by atoms with E-state index in [0.29, 0.717) is 5.56 Å². The highest BCUT2D eigenvalue weighted by Gasteiger charge is 2.20. The van der Waals surface area contributed by atoms with Gasteiger partial charge in [-0.25, -0.2) is 0 Å². The predicted molar refractivity (Wildman–Crippen MR) is 108 cm³/mol. The van der Waals surface area contributed by atoms with Crippen LogP contribution in [0, 0.1) is 0 Å². The molecule has 0 bridgehead atoms. The Labute approximate surface area is 167 Å². The van der Waals surface area contributed by atoms with E-state index in [1.54, 1.807) is 0 Å². The second-order valence-corrected chi connectivity index (χ2v) is 6.00. The first-order chi connectivity index (χ1) is 12.6. The molecular weight excluding hydrogens is 418 g/mol. The number of para-hydroxylation sites is 1. The Kier molecular flexibility index (Phi) is 7.91. The zero-order valence-corrected chi connectivity index (χ0v) is 16.4. The number of Topliss-reactive ketones (excluding diaryl/α,β-unsaturated/α-hetero) is 1. The molecule has 0 saturated carbocycles. The minimum atomic E-state index is -2.88. The standard InChI is InChI=1S/C20H20F2N2O2.BrH/c21-20(22)26-17-11-9-15(10-12-17)18(25)14-24(16-6-2-1-3-7-16)19-8-4-5-13-23-19;/h1-3,6-7,9-12,20H,4-5,8,13-14H2;1H. The lowest BCUT2D eigenvalue weighted by Crippen LogP contribution is -2.37. The number of halogens is 3. The van der Waals surface area contributed by atoms with Gasteiger partial charge in [-0.05, 0) is 49.2 Å². The number of amidine groups is 1. The molecule has 0 unspecified atom stereocenters. The lowest BCUT2D eigenvalue weighted by Gasteiger charge is -2.27. The van der Waals surface area contributed by atoms with Crippen LogP contribution in [0.5, 0.6) is 5.75 Å². The molecule has 0 aliphatic carbocycles. The van der Waals surface area contributed by atoms with E-state index in [9.17, 15) is 13.6 Å². The molecule has 27 heavy (non-hydrogen) atoms. The Hall–Kier alpha value is -2.28. The Bertz CT molecular complexity index is 767. The number of ketones is 1. The van der Waals surface area contributed by atoms with Gasteiger partial charge in [0.2, 0.25) is 0 Å². The first kappa shape index (κ1) is 21.0. The lowest BCUT2D eigenvalue weighted by molar-refractivity contribution is -0.0498. The number of ether oxygens (including phenoxy) is 1. The fourth-order valence-electron chi connectivity index (χ4n) is 2.90. The second kappa shape index (κ2) is 10.2. The van der Waals surface area contributed by atoms with E-state index in [1.807, 2.05) is 35.2 Å². The fraction of sp³-hybridized carbons (Fsp3) is 0.300. The molecular formula is C20H21BrF2N2O2. The zero-order chi connectivity index (χ0) is 18.4. The van der Waals surface area contributed by atoms with Gasteiger partial charge in [0, 0.05) is 24.2 Å². The number of carbonyl (C=O) groups excluding carboxylic acids is 1. The SMILES string of the molecule is Br.O=C(CN(C1=NCCCC1)c1ccccc1)c1ccc(OC(F)F)cc1. The number of benzene rings is 2. The molecule has 4 nitrogen and oxygen atoms in total. The number of aliphatic imine (C=N–C) groups is 1. The Morgan fingerprint density at radius 1 is 1.07 bits per heavy atom. The molecule has 2 aromatic rings. The van der Waals surface area contributed by atoms with Gasteiger partial charge in [0.15, 0.2) is 5.78 Å². The number of rotatable bonds is 6. The van der Waals surface area contributed by atoms with Crippen molar-refractivity contribution in [3.63, 3.8) is 0 Å². The van der Waals surface area contributed by atoms with Gasteiger partial charge in [0.1, 0.15) is 11.6 Å². The summed E-state index contributed by atoms with van der Waals surface area (Å²) in [4.78, 5) is 19.2. The van der Waals surface area contributed by atoms with Crippen LogP contribution in [-0.2, 0) is 0 Å². The largest absolute Gasteiger partial charge is 0.435 e. The Balaban J connectivity index is 0.00000261. The third kappa shape index (κ3) is 5.85. The summed E-state index contributed by atoms with van der Waals surface area (Å²) in [5, 5.41) is 0. The maximum atomic E-state index is 12.7. The summed E-state index contributed by atoms with van der Waals surface area (Å²) >= 11 is 0. The molecule has 1 heterocycles. The molecule has 0 atom stereocenters. The van der Waals surface area contributed by atoms with Crippen LogP contribution in [0.25, 0.3) is 0 Å². The van der Waals surface area contributed by atoms with E-state index >= 15 is 0 Å². The monoisotopic (exact) mass is 438 g/mol. The topological polar surface area (TPSA) is 41.9 Å². The summed E-state index contributed by atoms with van der Waals surface area (Å²) in [5.74, 6) is 0.840. The average molecular weight is 439 g/mol. The Morgan fingerprint density at radius 2 is 1.78 bits per heavy atom. The second-order valence-electron chi connectivity index (χ2n) is 6.00. The zero-order valence-electron chi connectivity index (χ0n) is 14.7. The van der Waals surface area contributed by atoms with E-state index in [4.69, 9.17) is 0 Å². The van der Waals surface area contributed by atoms with Crippen LogP contribution >= 0.6 is 17.0 Å². The summed E-state index contributed by atoms with van der Waals surface area (Å²) in [6.07, 6.45) is 2.95. The predicted octanol–water partition coefficient (Wildman–Crippen LogP) is 5.14. The van der Waals surface area contributed by atoms with Crippen LogP contribution in [0.4, 0.5) is 14.5 Å². The van der Waals surface area contributed by atoms with Crippen molar-refractivity contribution in [1.82, 2.24) is 0 Å². The molecule has 0 N–H and O–H groups in total. The minimum absolute atomic E-state index is 0. The normalized spacial score (nSPS) is 13.5. The molecule has 2 aromatic carbocycles. The van der Waals surface area contributed by atoms with Crippen molar-refractivity contribution in [1.29, 1.82) is 0 Å². The molecule has 7 heteroatoms. The molecule has 3 rings (SSSR count). The minimum Gasteiger partial charge on any atom is -0.435 e. The van der Waals surface area contributed by atoms with Crippen LogP contribution in [-0.4, -0.2) is 31.3 Å². The van der Waals surface area contributed by atoms with E-state index in [1.165, 1.54) is 24.3 Å². The smallest absolute Gasteiger partial charge is 0.387 e. The van der Waals surface area contributed by atoms with Crippen molar-refractivity contribution in [2.75, 3.05) is 18.0 Å². The van der Waals surface area contributed by atoms with Crippen LogP contribution in [0.1, 0.15) is 29.6 Å². The van der Waals surface area contributed by atoms with Crippen molar-refractivity contribution in [3.05, 3.63) is 60.2 Å². The van der Waals surface area contributed by atoms with Gasteiger partial charge in [-0.2, -0.15) is 8.78 Å². The number of alkyl halides is 2. The molecule has 0 saturated heterocycles. The van der Waals surface area contributed by atoms with Crippen LogP contribution in [0.3, 0.4) is 0 Å². The third-order valence-corrected chi connectivity index (χ3v) is 4.19. The number of carbonyl (C=O) groups is 1. The molecule has 0 amide bonds. The van der Waals surface area contributed by atoms with Crippen molar-refractivity contribution in [2.45, 2.75) is 25.9 Å². The van der Waals surface area contributed by atoms with Gasteiger partial charge in [0.05, 0.1) is 6.54 Å². The molecule has 0 aromatic heterocycles. The number of nitrogens with zero attached hydrogens (tertiary/aromatic N) is 2. The van der Waals surface area contributed by atoms with Crippen molar-refractivity contribution >= 4 is 34.3 Å². The fourth-order valence-corrected chi connectivity index (χ4v) is 2.90. The maximum absolute atomic E-state index is 12.7. The lowest BCUT2D eigenvalue weighted by atomic mass is 10.1. The first-order valence-corrected chi connectivity index (χ1v) is 8.57. The molecule has 0 fully saturated rings. The van der Waals surface area contributed by atoms with Crippen molar-refractivity contribution in [3.8, 4) is 5.75 Å². The molecule has 1 aliphatic heterocycles. The van der Waals surface area contributed by atoms with Gasteiger partial charge >= 0.3 is 6.61 Å². The highest BCUT2D eigenvalue weighted by atomic mass is 79.9. The van der Waals surface area contributed by atoms with Crippen LogP contribution < -0.4 is 9.64 Å². The number of anilines is 1. The summed E-state index contributed by atoms with van der Waals surface area (Å²) in [5.41, 5.74) is 1.36. The third-order valence-electron chi connectivity index (χ3n) is 4.19. The quantitative estimate of drug-likeness (QED) is 0.586. The van der Waals surface area contributed by atoms with Gasteiger partial charge in [-0.3, -0.25) is 9.79 Å². The first-order valence-electron chi connectivity index (χ1n) is 8.57. The molecule has 1 aliphatic rings. The maximum Gasteiger partial charge on any atom is 0.387 e. The molecule has 0 spiro atoms. The van der Waals surface area contributed by atoms with E-state index in [-0.39, 0.29) is 35.1 Å².